The number of carbonyl (C=O) groups is 2. The zero-order chi connectivity index (χ0) is 15.8. The van der Waals surface area contributed by atoms with E-state index in [1.54, 1.807) is 4.90 Å². The van der Waals surface area contributed by atoms with Gasteiger partial charge in [-0.15, -0.1) is 0 Å². The van der Waals surface area contributed by atoms with Crippen LogP contribution in [0.1, 0.15) is 24.0 Å². The third-order valence-electron chi connectivity index (χ3n) is 5.40. The summed E-state index contributed by atoms with van der Waals surface area (Å²) in [6.07, 6.45) is 7.14. The summed E-state index contributed by atoms with van der Waals surface area (Å²) in [5, 5.41) is 0. The van der Waals surface area contributed by atoms with Crippen LogP contribution in [-0.2, 0) is 27.3 Å². The van der Waals surface area contributed by atoms with Gasteiger partial charge in [-0.25, -0.2) is 0 Å². The molecule has 0 unspecified atom stereocenters. The molecule has 1 aromatic carbocycles. The lowest BCUT2D eigenvalue weighted by atomic mass is 9.94. The van der Waals surface area contributed by atoms with Crippen molar-refractivity contribution in [3.05, 3.63) is 47.5 Å². The number of hydrogen-bond acceptors (Lipinski definition) is 3. The molecule has 0 radical (unpaired) electrons. The maximum atomic E-state index is 12.3. The normalized spacial score (nSPS) is 27.8. The van der Waals surface area contributed by atoms with E-state index in [2.05, 4.69) is 24.3 Å². The molecular weight excluding hydrogens is 290 g/mol. The highest BCUT2D eigenvalue weighted by Gasteiger charge is 2.41. The van der Waals surface area contributed by atoms with Gasteiger partial charge in [0.25, 0.3) is 5.91 Å². The molecule has 4 rings (SSSR count). The van der Waals surface area contributed by atoms with Crippen LogP contribution in [-0.4, -0.2) is 29.9 Å². The zero-order valence-electron chi connectivity index (χ0n) is 13.1. The molecule has 1 amide bonds. The minimum atomic E-state index is -0.201. The molecule has 1 aromatic rings. The highest BCUT2D eigenvalue weighted by molar-refractivity contribution is 5.82. The molecule has 0 aromatic heterocycles. The van der Waals surface area contributed by atoms with Crippen molar-refractivity contribution in [1.29, 1.82) is 0 Å². The number of rotatable bonds is 3. The van der Waals surface area contributed by atoms with Crippen LogP contribution >= 0.6 is 0 Å². The average molecular weight is 311 g/mol. The number of allylic oxidation sites excluding steroid dienone is 2. The molecule has 2 aliphatic carbocycles. The molecule has 0 N–H and O–H groups in total. The van der Waals surface area contributed by atoms with E-state index in [-0.39, 0.29) is 24.4 Å². The Hall–Kier alpha value is -2.10. The van der Waals surface area contributed by atoms with Crippen LogP contribution in [0.4, 0.5) is 0 Å². The second-order valence-corrected chi connectivity index (χ2v) is 6.83. The largest absolute Gasteiger partial charge is 0.455 e. The van der Waals surface area contributed by atoms with Crippen LogP contribution < -0.4 is 0 Å². The van der Waals surface area contributed by atoms with Gasteiger partial charge in [0, 0.05) is 13.1 Å². The fourth-order valence-corrected chi connectivity index (χ4v) is 4.09. The summed E-state index contributed by atoms with van der Waals surface area (Å²) in [6.45, 7) is 1.19. The summed E-state index contributed by atoms with van der Waals surface area (Å²) >= 11 is 0. The van der Waals surface area contributed by atoms with Gasteiger partial charge in [-0.05, 0) is 42.2 Å². The van der Waals surface area contributed by atoms with Crippen LogP contribution in [0.3, 0.4) is 0 Å². The Morgan fingerprint density at radius 2 is 1.96 bits per heavy atom. The summed E-state index contributed by atoms with van der Waals surface area (Å²) in [7, 11) is 0. The topological polar surface area (TPSA) is 46.6 Å². The molecule has 4 heteroatoms. The van der Waals surface area contributed by atoms with Gasteiger partial charge in [0.1, 0.15) is 0 Å². The van der Waals surface area contributed by atoms with Crippen LogP contribution in [0.15, 0.2) is 36.4 Å². The lowest BCUT2D eigenvalue weighted by molar-refractivity contribution is -0.156. The third kappa shape index (κ3) is 2.78. The van der Waals surface area contributed by atoms with Gasteiger partial charge >= 0.3 is 5.97 Å². The second kappa shape index (κ2) is 5.84. The van der Waals surface area contributed by atoms with E-state index in [9.17, 15) is 9.59 Å². The first-order chi connectivity index (χ1) is 11.2. The summed E-state index contributed by atoms with van der Waals surface area (Å²) in [5.74, 6) is 0.523. The molecule has 1 saturated carbocycles. The summed E-state index contributed by atoms with van der Waals surface area (Å²) < 4.78 is 5.32. The predicted octanol–water partition coefficient (Wildman–Crippen LogP) is 2.33. The Labute approximate surface area is 136 Å². The van der Waals surface area contributed by atoms with Gasteiger partial charge in [-0.3, -0.25) is 9.59 Å². The molecule has 0 spiro atoms. The summed E-state index contributed by atoms with van der Waals surface area (Å²) in [6, 6.07) is 8.19. The molecule has 1 fully saturated rings. The van der Waals surface area contributed by atoms with Crippen molar-refractivity contribution in [2.24, 2.45) is 17.8 Å². The van der Waals surface area contributed by atoms with E-state index in [0.29, 0.717) is 24.9 Å². The van der Waals surface area contributed by atoms with Gasteiger partial charge in [0.2, 0.25) is 0 Å². The minimum absolute atomic E-state index is 0.0418. The molecule has 3 aliphatic rings. The van der Waals surface area contributed by atoms with Crippen molar-refractivity contribution < 1.29 is 14.3 Å². The molecule has 1 heterocycles. The van der Waals surface area contributed by atoms with Crippen molar-refractivity contribution in [3.63, 3.8) is 0 Å². The second-order valence-electron chi connectivity index (χ2n) is 6.83. The number of ether oxygens (including phenoxy) is 1. The average Bonchev–Trinajstić information content (AvgIpc) is 3.22. The van der Waals surface area contributed by atoms with E-state index in [1.165, 1.54) is 11.1 Å². The number of fused-ring (bicyclic) bond motifs is 3. The van der Waals surface area contributed by atoms with E-state index in [4.69, 9.17) is 4.74 Å². The number of nitrogens with zero attached hydrogens (tertiary/aromatic N) is 1. The number of benzene rings is 1. The number of carbonyl (C=O) groups excluding carboxylic acids is 2. The highest BCUT2D eigenvalue weighted by atomic mass is 16.5. The van der Waals surface area contributed by atoms with Crippen molar-refractivity contribution >= 4 is 11.9 Å². The maximum Gasteiger partial charge on any atom is 0.310 e. The summed E-state index contributed by atoms with van der Waals surface area (Å²) in [5.41, 5.74) is 2.50. The van der Waals surface area contributed by atoms with Gasteiger partial charge in [-0.1, -0.05) is 36.4 Å². The Morgan fingerprint density at radius 3 is 2.70 bits per heavy atom. The first-order valence-electron chi connectivity index (χ1n) is 8.40. The maximum absolute atomic E-state index is 12.3. The van der Waals surface area contributed by atoms with Gasteiger partial charge in [0.05, 0.1) is 5.92 Å². The van der Waals surface area contributed by atoms with Gasteiger partial charge in [0.15, 0.2) is 6.61 Å². The molecule has 23 heavy (non-hydrogen) atoms. The molecule has 1 aliphatic heterocycles. The van der Waals surface area contributed by atoms with Crippen molar-refractivity contribution in [1.82, 2.24) is 4.90 Å². The predicted molar refractivity (Wildman–Crippen MR) is 85.4 cm³/mol. The molecule has 4 nitrogen and oxygen atoms in total. The smallest absolute Gasteiger partial charge is 0.310 e. The van der Waals surface area contributed by atoms with Gasteiger partial charge < -0.3 is 9.64 Å². The Kier molecular flexibility index (Phi) is 3.68. The third-order valence-corrected chi connectivity index (χ3v) is 5.40. The van der Waals surface area contributed by atoms with E-state index >= 15 is 0 Å². The van der Waals surface area contributed by atoms with Crippen LogP contribution in [0.5, 0.6) is 0 Å². The number of amides is 1. The Balaban J connectivity index is 1.31. The fraction of sp³-hybridized carbons (Fsp3) is 0.474. The van der Waals surface area contributed by atoms with E-state index in [0.717, 1.165) is 19.3 Å². The number of esters is 1. The van der Waals surface area contributed by atoms with Crippen LogP contribution in [0.2, 0.25) is 0 Å². The zero-order valence-corrected chi connectivity index (χ0v) is 13.1. The Bertz CT molecular complexity index is 666. The molecule has 120 valence electrons. The van der Waals surface area contributed by atoms with E-state index < -0.39 is 0 Å². The monoisotopic (exact) mass is 311 g/mol. The first kappa shape index (κ1) is 14.5. The fourth-order valence-electron chi connectivity index (χ4n) is 4.09. The molecule has 2 bridgehead atoms. The van der Waals surface area contributed by atoms with E-state index in [1.807, 2.05) is 12.1 Å². The van der Waals surface area contributed by atoms with Crippen LogP contribution in [0.25, 0.3) is 0 Å². The van der Waals surface area contributed by atoms with Crippen molar-refractivity contribution in [3.8, 4) is 0 Å². The van der Waals surface area contributed by atoms with Crippen molar-refractivity contribution in [2.75, 3.05) is 13.2 Å². The molecular formula is C19H21NO3. The first-order valence-corrected chi connectivity index (χ1v) is 8.40. The molecule has 0 saturated heterocycles. The Morgan fingerprint density at radius 1 is 1.13 bits per heavy atom. The van der Waals surface area contributed by atoms with Crippen molar-refractivity contribution in [2.45, 2.75) is 25.8 Å². The highest BCUT2D eigenvalue weighted by Crippen LogP contribution is 2.43. The summed E-state index contributed by atoms with van der Waals surface area (Å²) in [4.78, 5) is 26.3. The van der Waals surface area contributed by atoms with Crippen LogP contribution in [0, 0.1) is 17.8 Å². The minimum Gasteiger partial charge on any atom is -0.455 e. The lowest BCUT2D eigenvalue weighted by Gasteiger charge is -2.29. The SMILES string of the molecule is O=C(OCC(=O)N1CCc2ccccc2C1)[C@H]1C[C@H]2C=C[C@H]1C2. The number of hydrogen-bond donors (Lipinski definition) is 0. The molecule has 3 atom stereocenters. The lowest BCUT2D eigenvalue weighted by Crippen LogP contribution is -2.39. The van der Waals surface area contributed by atoms with Gasteiger partial charge in [-0.2, -0.15) is 0 Å². The standard InChI is InChI=1S/C19H21NO3/c21-18(20-8-7-14-3-1-2-4-16(14)11-20)12-23-19(22)17-10-13-5-6-15(17)9-13/h1-6,13,15,17H,7-12H2/t13-,15-,17-/m0/s1. The quantitative estimate of drug-likeness (QED) is 0.636.